The van der Waals surface area contributed by atoms with Gasteiger partial charge in [-0.25, -0.2) is 0 Å². The number of nitrogens with one attached hydrogen (secondary N) is 1. The normalized spacial score (nSPS) is 19.9. The zero-order valence-corrected chi connectivity index (χ0v) is 21.5. The Hall–Kier alpha value is -1.10. The molecule has 31 heavy (non-hydrogen) atoms. The van der Waals surface area contributed by atoms with Gasteiger partial charge in [-0.3, -0.25) is 9.89 Å². The number of nitrogens with zero attached hydrogens (tertiary/aromatic N) is 3. The number of likely N-dealkylation sites (N-methyl/N-ethyl adjacent to an activating group) is 1. The molecule has 0 saturated carbocycles. The Balaban J connectivity index is 0.00000341. The van der Waals surface area contributed by atoms with E-state index in [-0.39, 0.29) is 24.0 Å². The molecule has 0 bridgehead atoms. The molecule has 8 heteroatoms. The maximum atomic E-state index is 6.02. The van der Waals surface area contributed by atoms with Crippen LogP contribution in [0.1, 0.15) is 24.8 Å². The second-order valence-corrected chi connectivity index (χ2v) is 8.33. The molecule has 2 heterocycles. The molecule has 1 N–H and O–H groups in total. The van der Waals surface area contributed by atoms with Crippen molar-refractivity contribution in [1.29, 1.82) is 0 Å². The molecule has 0 aliphatic carbocycles. The van der Waals surface area contributed by atoms with Crippen LogP contribution in [0.2, 0.25) is 0 Å². The third-order valence-electron chi connectivity index (χ3n) is 6.01. The molecule has 1 atom stereocenters. The number of hydrogen-bond donors (Lipinski definition) is 1. The molecule has 1 aromatic carbocycles. The second kappa shape index (κ2) is 14.1. The van der Waals surface area contributed by atoms with Crippen LogP contribution in [-0.4, -0.2) is 89.1 Å². The van der Waals surface area contributed by atoms with Gasteiger partial charge in [-0.1, -0.05) is 12.1 Å². The number of rotatable bonds is 9. The molecule has 0 aromatic heterocycles. The van der Waals surface area contributed by atoms with Crippen LogP contribution in [0, 0.1) is 5.92 Å². The molecule has 2 fully saturated rings. The fourth-order valence-corrected chi connectivity index (χ4v) is 4.13. The first-order chi connectivity index (χ1) is 14.7. The standard InChI is InChI=1S/C23H38N4O3.HI/c1-24-23(27(3)17-20-7-11-29-18-20)25-16-19-5-4-6-22(15-19)30-14-10-26(2)21-8-12-28-13-9-21;/h4-6,15,20-21H,7-14,16-18H2,1-3H3,(H,24,25);1H. The van der Waals surface area contributed by atoms with Gasteiger partial charge in [0.25, 0.3) is 0 Å². The maximum absolute atomic E-state index is 6.02. The van der Waals surface area contributed by atoms with Crippen LogP contribution in [0.5, 0.6) is 5.75 Å². The van der Waals surface area contributed by atoms with Crippen molar-refractivity contribution < 1.29 is 14.2 Å². The summed E-state index contributed by atoms with van der Waals surface area (Å²) < 4.78 is 17.0. The molecule has 7 nitrogen and oxygen atoms in total. The summed E-state index contributed by atoms with van der Waals surface area (Å²) in [6, 6.07) is 8.92. The highest BCUT2D eigenvalue weighted by Gasteiger charge is 2.19. The van der Waals surface area contributed by atoms with Gasteiger partial charge >= 0.3 is 0 Å². The molecule has 0 spiro atoms. The van der Waals surface area contributed by atoms with Crippen molar-refractivity contribution in [2.45, 2.75) is 31.8 Å². The Morgan fingerprint density at radius 2 is 1.94 bits per heavy atom. The number of guanidine groups is 1. The summed E-state index contributed by atoms with van der Waals surface area (Å²) in [5.41, 5.74) is 1.18. The minimum Gasteiger partial charge on any atom is -0.492 e. The van der Waals surface area contributed by atoms with Crippen LogP contribution in [-0.2, 0) is 16.0 Å². The quantitative estimate of drug-likeness (QED) is 0.292. The van der Waals surface area contributed by atoms with Crippen molar-refractivity contribution in [2.75, 3.05) is 67.3 Å². The lowest BCUT2D eigenvalue weighted by molar-refractivity contribution is 0.0392. The van der Waals surface area contributed by atoms with E-state index in [9.17, 15) is 0 Å². The lowest BCUT2D eigenvalue weighted by Crippen LogP contribution is -2.41. The second-order valence-electron chi connectivity index (χ2n) is 8.33. The highest BCUT2D eigenvalue weighted by Crippen LogP contribution is 2.16. The Kier molecular flexibility index (Phi) is 11.9. The summed E-state index contributed by atoms with van der Waals surface area (Å²) >= 11 is 0. The first-order valence-electron chi connectivity index (χ1n) is 11.1. The van der Waals surface area contributed by atoms with E-state index in [1.807, 2.05) is 13.1 Å². The highest BCUT2D eigenvalue weighted by molar-refractivity contribution is 14.0. The number of benzene rings is 1. The molecule has 0 radical (unpaired) electrons. The Labute approximate surface area is 204 Å². The van der Waals surface area contributed by atoms with Crippen molar-refractivity contribution in [2.24, 2.45) is 10.9 Å². The van der Waals surface area contributed by atoms with Gasteiger partial charge in [0.2, 0.25) is 0 Å². The SMILES string of the molecule is CN=C(NCc1cccc(OCCN(C)C2CCOCC2)c1)N(C)CC1CCOC1.I. The van der Waals surface area contributed by atoms with Crippen LogP contribution in [0.3, 0.4) is 0 Å². The minimum atomic E-state index is 0. The largest absolute Gasteiger partial charge is 0.492 e. The van der Waals surface area contributed by atoms with Gasteiger partial charge in [0.1, 0.15) is 12.4 Å². The lowest BCUT2D eigenvalue weighted by Gasteiger charge is -2.31. The number of hydrogen-bond acceptors (Lipinski definition) is 5. The van der Waals surface area contributed by atoms with Crippen LogP contribution in [0.25, 0.3) is 0 Å². The predicted molar refractivity (Wildman–Crippen MR) is 136 cm³/mol. The Bertz CT molecular complexity index is 664. The van der Waals surface area contributed by atoms with E-state index in [1.165, 1.54) is 5.56 Å². The summed E-state index contributed by atoms with van der Waals surface area (Å²) in [7, 11) is 6.10. The molecule has 2 saturated heterocycles. The molecule has 3 rings (SSSR count). The Morgan fingerprint density at radius 1 is 1.16 bits per heavy atom. The number of halogens is 1. The van der Waals surface area contributed by atoms with E-state index < -0.39 is 0 Å². The summed E-state index contributed by atoms with van der Waals surface area (Å²) in [5, 5.41) is 3.46. The van der Waals surface area contributed by atoms with Gasteiger partial charge in [-0.15, -0.1) is 24.0 Å². The van der Waals surface area contributed by atoms with E-state index in [0.29, 0.717) is 18.6 Å². The van der Waals surface area contributed by atoms with Crippen molar-refractivity contribution in [1.82, 2.24) is 15.1 Å². The average molecular weight is 546 g/mol. The first-order valence-corrected chi connectivity index (χ1v) is 11.1. The molecule has 2 aliphatic heterocycles. The zero-order chi connectivity index (χ0) is 21.2. The molecule has 1 unspecified atom stereocenters. The van der Waals surface area contributed by atoms with E-state index in [4.69, 9.17) is 14.2 Å². The first kappa shape index (κ1) is 26.2. The third kappa shape index (κ3) is 8.75. The van der Waals surface area contributed by atoms with Gasteiger partial charge < -0.3 is 24.4 Å². The molecule has 2 aliphatic rings. The van der Waals surface area contributed by atoms with Crippen LogP contribution < -0.4 is 10.1 Å². The van der Waals surface area contributed by atoms with Gasteiger partial charge in [0.05, 0.1) is 6.61 Å². The van der Waals surface area contributed by atoms with Crippen LogP contribution >= 0.6 is 24.0 Å². The third-order valence-corrected chi connectivity index (χ3v) is 6.01. The zero-order valence-electron chi connectivity index (χ0n) is 19.2. The molecule has 0 amide bonds. The van der Waals surface area contributed by atoms with Crippen molar-refractivity contribution >= 4 is 29.9 Å². The summed E-state index contributed by atoms with van der Waals surface area (Å²) in [5.74, 6) is 2.41. The molecule has 176 valence electrons. The monoisotopic (exact) mass is 546 g/mol. The number of aliphatic imine (C=N–C) groups is 1. The fourth-order valence-electron chi connectivity index (χ4n) is 4.13. The van der Waals surface area contributed by atoms with E-state index >= 15 is 0 Å². The van der Waals surface area contributed by atoms with Crippen molar-refractivity contribution in [3.63, 3.8) is 0 Å². The molecule has 1 aromatic rings. The smallest absolute Gasteiger partial charge is 0.193 e. The Morgan fingerprint density at radius 3 is 2.65 bits per heavy atom. The topological polar surface area (TPSA) is 58.6 Å². The van der Waals surface area contributed by atoms with E-state index in [2.05, 4.69) is 52.4 Å². The fraction of sp³-hybridized carbons (Fsp3) is 0.696. The molecular formula is C23H39IN4O3. The van der Waals surface area contributed by atoms with Crippen molar-refractivity contribution in [3.8, 4) is 5.75 Å². The lowest BCUT2D eigenvalue weighted by atomic mass is 10.1. The van der Waals surface area contributed by atoms with Crippen molar-refractivity contribution in [3.05, 3.63) is 29.8 Å². The van der Waals surface area contributed by atoms with Gasteiger partial charge in [0, 0.05) is 65.5 Å². The molecular weight excluding hydrogens is 507 g/mol. The van der Waals surface area contributed by atoms with Gasteiger partial charge in [0.15, 0.2) is 5.96 Å². The summed E-state index contributed by atoms with van der Waals surface area (Å²) in [6.07, 6.45) is 3.35. The summed E-state index contributed by atoms with van der Waals surface area (Å²) in [4.78, 5) is 9.00. The number of ether oxygens (including phenoxy) is 3. The van der Waals surface area contributed by atoms with E-state index in [1.54, 1.807) is 0 Å². The van der Waals surface area contributed by atoms with E-state index in [0.717, 1.165) is 77.0 Å². The van der Waals surface area contributed by atoms with Crippen LogP contribution in [0.15, 0.2) is 29.3 Å². The van der Waals surface area contributed by atoms with Crippen LogP contribution in [0.4, 0.5) is 0 Å². The summed E-state index contributed by atoms with van der Waals surface area (Å²) in [6.45, 7) is 6.77. The van der Waals surface area contributed by atoms with Gasteiger partial charge in [-0.05, 0) is 44.0 Å². The maximum Gasteiger partial charge on any atom is 0.193 e. The highest BCUT2D eigenvalue weighted by atomic mass is 127. The van der Waals surface area contributed by atoms with Gasteiger partial charge in [-0.2, -0.15) is 0 Å². The predicted octanol–water partition coefficient (Wildman–Crippen LogP) is 2.84. The average Bonchev–Trinajstić information content (AvgIpc) is 3.28. The minimum absolute atomic E-state index is 0.